The van der Waals surface area contributed by atoms with Crippen LogP contribution in [0.15, 0.2) is 60.7 Å². The molecule has 1 aliphatic heterocycles. The third kappa shape index (κ3) is 5.22. The highest BCUT2D eigenvalue weighted by atomic mass is 19.1. The highest BCUT2D eigenvalue weighted by molar-refractivity contribution is 5.96. The molecule has 0 spiro atoms. The molecule has 7 nitrogen and oxygen atoms in total. The number of piperazine rings is 1. The van der Waals surface area contributed by atoms with Gasteiger partial charge in [-0.3, -0.25) is 9.59 Å². The fourth-order valence-electron chi connectivity index (χ4n) is 3.95. The predicted molar refractivity (Wildman–Crippen MR) is 129 cm³/mol. The average Bonchev–Trinajstić information content (AvgIpc) is 2.88. The Labute approximate surface area is 198 Å². The smallest absolute Gasteiger partial charge is 0.257 e. The van der Waals surface area contributed by atoms with Crippen molar-refractivity contribution >= 4 is 17.6 Å². The van der Waals surface area contributed by atoms with E-state index in [0.717, 1.165) is 17.1 Å². The van der Waals surface area contributed by atoms with Crippen LogP contribution in [0.4, 0.5) is 10.2 Å². The molecule has 0 unspecified atom stereocenters. The molecule has 176 valence electrons. The van der Waals surface area contributed by atoms with Crippen molar-refractivity contribution in [2.75, 3.05) is 44.2 Å². The lowest BCUT2D eigenvalue weighted by Crippen LogP contribution is -2.52. The third-order valence-corrected chi connectivity index (χ3v) is 6.05. The molecule has 0 N–H and O–H groups in total. The van der Waals surface area contributed by atoms with Gasteiger partial charge in [-0.15, -0.1) is 10.2 Å². The van der Waals surface area contributed by atoms with Gasteiger partial charge >= 0.3 is 0 Å². The maximum atomic E-state index is 14.0. The molecule has 0 radical (unpaired) electrons. The van der Waals surface area contributed by atoms with Gasteiger partial charge in [-0.25, -0.2) is 4.39 Å². The number of aryl methyl sites for hydroxylation is 1. The predicted octanol–water partition coefficient (Wildman–Crippen LogP) is 3.40. The van der Waals surface area contributed by atoms with Gasteiger partial charge in [0.15, 0.2) is 5.82 Å². The molecule has 0 bridgehead atoms. The Hall–Kier alpha value is -3.81. The molecule has 4 rings (SSSR count). The topological polar surface area (TPSA) is 69.6 Å². The van der Waals surface area contributed by atoms with Crippen LogP contribution >= 0.6 is 0 Å². The summed E-state index contributed by atoms with van der Waals surface area (Å²) in [4.78, 5) is 30.7. The van der Waals surface area contributed by atoms with Crippen LogP contribution in [0.25, 0.3) is 11.3 Å². The number of anilines is 1. The zero-order valence-corrected chi connectivity index (χ0v) is 19.4. The van der Waals surface area contributed by atoms with E-state index < -0.39 is 11.7 Å². The summed E-state index contributed by atoms with van der Waals surface area (Å²) in [5, 5.41) is 8.75. The van der Waals surface area contributed by atoms with E-state index in [1.807, 2.05) is 43.3 Å². The Morgan fingerprint density at radius 3 is 2.26 bits per heavy atom. The van der Waals surface area contributed by atoms with Crippen molar-refractivity contribution in [2.45, 2.75) is 13.8 Å². The van der Waals surface area contributed by atoms with Gasteiger partial charge in [0.05, 0.1) is 11.3 Å². The summed E-state index contributed by atoms with van der Waals surface area (Å²) >= 11 is 0. The van der Waals surface area contributed by atoms with Gasteiger partial charge in [-0.1, -0.05) is 42.0 Å². The van der Waals surface area contributed by atoms with Crippen molar-refractivity contribution < 1.29 is 14.0 Å². The summed E-state index contributed by atoms with van der Waals surface area (Å²) in [5.74, 6) is -0.432. The minimum absolute atomic E-state index is 0.0189. The number of nitrogens with zero attached hydrogens (tertiary/aromatic N) is 5. The van der Waals surface area contributed by atoms with Crippen molar-refractivity contribution in [2.24, 2.45) is 0 Å². The molecule has 0 atom stereocenters. The second-order valence-corrected chi connectivity index (χ2v) is 8.31. The number of rotatable bonds is 6. The number of carbonyl (C=O) groups excluding carboxylic acids is 2. The van der Waals surface area contributed by atoms with Crippen LogP contribution in [-0.2, 0) is 4.79 Å². The van der Waals surface area contributed by atoms with E-state index >= 15 is 0 Å². The third-order valence-electron chi connectivity index (χ3n) is 6.05. The molecule has 1 aliphatic rings. The first-order chi connectivity index (χ1) is 16.5. The summed E-state index contributed by atoms with van der Waals surface area (Å²) < 4.78 is 14.0. The average molecular weight is 462 g/mol. The van der Waals surface area contributed by atoms with Crippen molar-refractivity contribution in [3.63, 3.8) is 0 Å². The lowest BCUT2D eigenvalue weighted by molar-refractivity contribution is -0.132. The van der Waals surface area contributed by atoms with Crippen LogP contribution in [0.3, 0.4) is 0 Å². The highest BCUT2D eigenvalue weighted by Gasteiger charge is 2.26. The van der Waals surface area contributed by atoms with Crippen molar-refractivity contribution in [1.82, 2.24) is 20.0 Å². The molecule has 2 amide bonds. The summed E-state index contributed by atoms with van der Waals surface area (Å²) in [6, 6.07) is 17.9. The zero-order valence-electron chi connectivity index (χ0n) is 19.4. The molecular formula is C26H28FN5O2. The number of aromatic nitrogens is 2. The first-order valence-corrected chi connectivity index (χ1v) is 11.4. The Balaban J connectivity index is 1.33. The normalized spacial score (nSPS) is 13.6. The van der Waals surface area contributed by atoms with E-state index in [9.17, 15) is 14.0 Å². The van der Waals surface area contributed by atoms with Gasteiger partial charge in [0.25, 0.3) is 5.91 Å². The van der Waals surface area contributed by atoms with Gasteiger partial charge in [0.2, 0.25) is 5.91 Å². The summed E-state index contributed by atoms with van der Waals surface area (Å²) in [6.45, 7) is 6.36. The van der Waals surface area contributed by atoms with E-state index in [1.54, 1.807) is 17.9 Å². The van der Waals surface area contributed by atoms with Crippen molar-refractivity contribution in [3.8, 4) is 11.3 Å². The molecular weight excluding hydrogens is 433 g/mol. The van der Waals surface area contributed by atoms with E-state index in [-0.39, 0.29) is 18.0 Å². The van der Waals surface area contributed by atoms with Crippen molar-refractivity contribution in [3.05, 3.63) is 77.6 Å². The Kier molecular flexibility index (Phi) is 7.15. The Bertz CT molecular complexity index is 1140. The quantitative estimate of drug-likeness (QED) is 0.563. The molecule has 0 aliphatic carbocycles. The Morgan fingerprint density at radius 1 is 0.941 bits per heavy atom. The van der Waals surface area contributed by atoms with E-state index in [2.05, 4.69) is 15.1 Å². The number of carbonyl (C=O) groups is 2. The van der Waals surface area contributed by atoms with Crippen LogP contribution in [0.5, 0.6) is 0 Å². The van der Waals surface area contributed by atoms with Crippen molar-refractivity contribution in [1.29, 1.82) is 0 Å². The molecule has 2 heterocycles. The molecule has 8 heteroatoms. The van der Waals surface area contributed by atoms with Gasteiger partial charge in [-0.05, 0) is 38.1 Å². The van der Waals surface area contributed by atoms with Crippen LogP contribution in [0, 0.1) is 12.7 Å². The number of hydrogen-bond donors (Lipinski definition) is 0. The first kappa shape index (κ1) is 23.4. The summed E-state index contributed by atoms with van der Waals surface area (Å²) in [6.07, 6.45) is 0. The molecule has 1 saturated heterocycles. The van der Waals surface area contributed by atoms with Crippen LogP contribution in [0.1, 0.15) is 22.8 Å². The standard InChI is InChI=1S/C26H28FN5O2/c1-3-30(26(34)21-6-4-5-7-22(21)27)18-25(33)32-16-14-31(15-17-32)24-13-12-23(28-29-24)20-10-8-19(2)9-11-20/h4-13H,3,14-18H2,1-2H3. The van der Waals surface area contributed by atoms with Crippen LogP contribution in [0.2, 0.25) is 0 Å². The van der Waals surface area contributed by atoms with Gasteiger partial charge < -0.3 is 14.7 Å². The fourth-order valence-corrected chi connectivity index (χ4v) is 3.95. The van der Waals surface area contributed by atoms with Crippen LogP contribution in [-0.4, -0.2) is 71.1 Å². The number of halogens is 1. The van der Waals surface area contributed by atoms with Gasteiger partial charge in [-0.2, -0.15) is 0 Å². The molecule has 2 aromatic carbocycles. The maximum absolute atomic E-state index is 14.0. The second kappa shape index (κ2) is 10.4. The lowest BCUT2D eigenvalue weighted by Gasteiger charge is -2.36. The zero-order chi connectivity index (χ0) is 24.1. The highest BCUT2D eigenvalue weighted by Crippen LogP contribution is 2.20. The molecule has 1 fully saturated rings. The summed E-state index contributed by atoms with van der Waals surface area (Å²) in [5.41, 5.74) is 3.01. The monoisotopic (exact) mass is 461 g/mol. The maximum Gasteiger partial charge on any atom is 0.257 e. The molecule has 3 aromatic rings. The molecule has 1 aromatic heterocycles. The number of benzene rings is 2. The summed E-state index contributed by atoms with van der Waals surface area (Å²) in [7, 11) is 0. The number of likely N-dealkylation sites (N-methyl/N-ethyl adjacent to an activating group) is 1. The first-order valence-electron chi connectivity index (χ1n) is 11.4. The van der Waals surface area contributed by atoms with E-state index in [1.165, 1.54) is 28.7 Å². The minimum Gasteiger partial charge on any atom is -0.352 e. The van der Waals surface area contributed by atoms with E-state index in [4.69, 9.17) is 0 Å². The minimum atomic E-state index is -0.582. The van der Waals surface area contributed by atoms with E-state index in [0.29, 0.717) is 32.7 Å². The molecule has 34 heavy (non-hydrogen) atoms. The lowest BCUT2D eigenvalue weighted by atomic mass is 10.1. The largest absolute Gasteiger partial charge is 0.352 e. The number of hydrogen-bond acceptors (Lipinski definition) is 5. The van der Waals surface area contributed by atoms with Gasteiger partial charge in [0, 0.05) is 38.3 Å². The fraction of sp³-hybridized carbons (Fsp3) is 0.308. The Morgan fingerprint density at radius 2 is 1.65 bits per heavy atom. The van der Waals surface area contributed by atoms with Gasteiger partial charge in [0.1, 0.15) is 12.4 Å². The molecule has 0 saturated carbocycles. The SMILES string of the molecule is CCN(CC(=O)N1CCN(c2ccc(-c3ccc(C)cc3)nn2)CC1)C(=O)c1ccccc1F. The number of amides is 2. The second-order valence-electron chi connectivity index (χ2n) is 8.31. The van der Waals surface area contributed by atoms with Crippen LogP contribution < -0.4 is 4.90 Å².